The van der Waals surface area contributed by atoms with Crippen molar-refractivity contribution in [3.63, 3.8) is 0 Å². The van der Waals surface area contributed by atoms with Crippen LogP contribution in [0.1, 0.15) is 126 Å². The molecule has 0 bridgehead atoms. The van der Waals surface area contributed by atoms with Crippen LogP contribution in [-0.2, 0) is 81.3 Å². The van der Waals surface area contributed by atoms with E-state index in [1.807, 2.05) is 5.32 Å². The van der Waals surface area contributed by atoms with Crippen LogP contribution in [0.15, 0.2) is 35.3 Å². The van der Waals surface area contributed by atoms with Gasteiger partial charge in [-0.1, -0.05) is 106 Å². The number of primary amides is 1. The van der Waals surface area contributed by atoms with Gasteiger partial charge in [-0.2, -0.15) is 26.3 Å². The Morgan fingerprint density at radius 2 is 1.17 bits per heavy atom. The van der Waals surface area contributed by atoms with E-state index >= 15 is 9.59 Å². The van der Waals surface area contributed by atoms with Gasteiger partial charge in [0.05, 0.1) is 18.7 Å². The highest BCUT2D eigenvalue weighted by atomic mass is 19.4. The molecule has 1 saturated heterocycles. The molecule has 1 aromatic carbocycles. The van der Waals surface area contributed by atoms with Crippen molar-refractivity contribution in [1.29, 1.82) is 0 Å². The van der Waals surface area contributed by atoms with Crippen LogP contribution in [0, 0.1) is 29.6 Å². The molecule has 1 aliphatic rings. The van der Waals surface area contributed by atoms with Crippen LogP contribution >= 0.6 is 0 Å². The molecular weight excluding hydrogens is 1370 g/mol. The molecule has 0 saturated carbocycles. The number of carbonyl (C=O) groups excluding carboxylic acids is 14. The van der Waals surface area contributed by atoms with Crippen molar-refractivity contribution in [3.05, 3.63) is 35.9 Å². The Morgan fingerprint density at radius 3 is 1.69 bits per heavy atom. The third kappa shape index (κ3) is 29.2. The number of ether oxygens (including phenoxy) is 3. The van der Waals surface area contributed by atoms with Crippen molar-refractivity contribution in [2.75, 3.05) is 19.7 Å². The van der Waals surface area contributed by atoms with Crippen LogP contribution < -0.4 is 76.1 Å². The topological polar surface area (TPSA) is 544 Å². The smallest absolute Gasteiger partial charge is 0.456 e. The lowest BCUT2D eigenvalue weighted by Crippen LogP contribution is -2.64. The number of nitrogens with two attached hydrogens (primary N) is 4. The molecule has 40 heteroatoms. The Morgan fingerprint density at radius 1 is 0.637 bits per heavy atom. The monoisotopic (exact) mass is 1470 g/mol. The van der Waals surface area contributed by atoms with E-state index in [0.29, 0.717) is 0 Å². The number of guanidine groups is 1. The summed E-state index contributed by atoms with van der Waals surface area (Å²) in [5, 5.41) is 43.6. The minimum absolute atomic E-state index is 0.0431. The van der Waals surface area contributed by atoms with Crippen LogP contribution in [0.4, 0.5) is 26.3 Å². The van der Waals surface area contributed by atoms with Crippen LogP contribution in [0.2, 0.25) is 0 Å². The summed E-state index contributed by atoms with van der Waals surface area (Å²) in [4.78, 5) is 201. The Hall–Kier alpha value is -9.47. The highest BCUT2D eigenvalue weighted by Crippen LogP contribution is 2.27. The lowest BCUT2D eigenvalue weighted by molar-refractivity contribution is -0.208. The number of aliphatic hydroxyl groups excluding tert-OH is 2. The van der Waals surface area contributed by atoms with Crippen molar-refractivity contribution in [3.8, 4) is 0 Å². The summed E-state index contributed by atoms with van der Waals surface area (Å²) in [5.74, 6) is -28.3. The maximum Gasteiger partial charge on any atom is 0.490 e. The molecule has 11 amide bonds. The van der Waals surface area contributed by atoms with E-state index in [4.69, 9.17) is 32.4 Å². The van der Waals surface area contributed by atoms with Crippen LogP contribution in [0.5, 0.6) is 0 Å². The first-order valence-corrected chi connectivity index (χ1v) is 32.5. The zero-order valence-electron chi connectivity index (χ0n) is 58.1. The van der Waals surface area contributed by atoms with Gasteiger partial charge < -0.3 is 101 Å². The van der Waals surface area contributed by atoms with E-state index in [9.17, 15) is 94.1 Å². The predicted molar refractivity (Wildman–Crippen MR) is 346 cm³/mol. The number of alkyl halides is 6. The van der Waals surface area contributed by atoms with Crippen molar-refractivity contribution in [1.82, 2.24) is 53.2 Å². The third-order valence-corrected chi connectivity index (χ3v) is 15.3. The van der Waals surface area contributed by atoms with Crippen LogP contribution in [0.25, 0.3) is 0 Å². The van der Waals surface area contributed by atoms with Gasteiger partial charge in [-0.3, -0.25) is 57.7 Å². The predicted octanol–water partition coefficient (Wildman–Crippen LogP) is -3.21. The van der Waals surface area contributed by atoms with Crippen molar-refractivity contribution in [2.45, 2.75) is 212 Å². The van der Waals surface area contributed by atoms with Gasteiger partial charge in [-0.05, 0) is 74.2 Å². The summed E-state index contributed by atoms with van der Waals surface area (Å²) >= 11 is 0. The molecule has 34 nitrogen and oxygen atoms in total. The molecule has 0 aromatic heterocycles. The summed E-state index contributed by atoms with van der Waals surface area (Å²) in [6.45, 7) is 12.4. The number of esters is 3. The number of carbonyl (C=O) groups is 14. The molecule has 1 aliphatic heterocycles. The number of aliphatic hydroxyl groups is 2. The molecule has 1 aromatic rings. The molecule has 0 spiro atoms. The number of nitrogens with zero attached hydrogens (tertiary/aromatic N) is 1. The number of nitrogens with one attached hydrogen (secondary N) is 10. The van der Waals surface area contributed by atoms with E-state index in [2.05, 4.69) is 46.9 Å². The first-order chi connectivity index (χ1) is 47.2. The minimum Gasteiger partial charge on any atom is -0.456 e. The standard InChI is InChI=1S/C62H95F6N15O19/c1-12-30(10)39-53(93)81-40(31(11)84)52(92)74-24-38(85)79-41(44(86)47(70)87)54(94)78-37(25-100-58(98)61(63,64)65)57(97)101-46(32-17-14-13-15-18-32)43(82-51(91)36(23-28(6)7)76-48(88)33(69)21-26(2)3)56(96)83-42(45(29(8)9)102-59(99)62(66,67)68)55(95)77-35(22-27(4)5)50(90)75-34(49(89)80-39)19-16-20-73-60(71)72/h13-15,17-18,26-31,33-37,39-46,84,86H,12,16,19-25,69H2,1-11H3,(H2,70,87)(H,74,92)(H,75,90)(H,76,88)(H,77,95)(H,78,94)(H,79,85)(H,80,89)(H,81,93)(H,82,91)(H,83,96)(H4,71,72,73)/t30-,31-,33+,34+,35-,36-,37-,39-,40-,41-,42-,43-,44-,45+,46+/m0/s1. The highest BCUT2D eigenvalue weighted by Gasteiger charge is 2.49. The zero-order chi connectivity index (χ0) is 78.0. The fourth-order valence-corrected chi connectivity index (χ4v) is 9.87. The number of amides is 11. The molecule has 15 atom stereocenters. The third-order valence-electron chi connectivity index (χ3n) is 15.3. The molecule has 1 fully saturated rings. The lowest BCUT2D eigenvalue weighted by Gasteiger charge is -2.35. The molecule has 1 heterocycles. The fraction of sp³-hybridized carbons (Fsp3) is 0.661. The maximum absolute atomic E-state index is 15.7. The Kier molecular flexibility index (Phi) is 35.5. The normalized spacial score (nSPS) is 23.4. The molecule has 102 heavy (non-hydrogen) atoms. The SMILES string of the molecule is CC[C@H](C)[C@@H]1NC(=O)[C@@H](CCCN=C(N)N)NC(=O)[C@H](CC(C)C)NC(=O)[C@H]([C@H](OC(=O)C(F)(F)F)C(C)C)NC(=O)[C@@H](NC(=O)[C@H](CC(C)C)NC(=O)[C@H](N)CC(C)C)[C@@H](c2ccccc2)OC(=O)[C@H](COC(=O)C(F)(F)F)NC(=O)[C@H]([C@H](O)C(N)=O)NC(=O)CNC(=O)[C@H]([C@H](C)O)NC1=O. The second-order valence-electron chi connectivity index (χ2n) is 25.8. The molecule has 0 radical (unpaired) electrons. The van der Waals surface area contributed by atoms with Crippen LogP contribution in [-0.4, -0.2) is 210 Å². The average molecular weight is 1470 g/mol. The molecule has 0 aliphatic carbocycles. The van der Waals surface area contributed by atoms with E-state index in [-0.39, 0.29) is 44.6 Å². The summed E-state index contributed by atoms with van der Waals surface area (Å²) in [6, 6.07) is -15.5. The number of halogens is 6. The van der Waals surface area contributed by atoms with E-state index in [1.54, 1.807) is 45.3 Å². The largest absolute Gasteiger partial charge is 0.490 e. The number of benzene rings is 1. The molecule has 2 rings (SSSR count). The number of hydrogen-bond donors (Lipinski definition) is 16. The van der Waals surface area contributed by atoms with Gasteiger partial charge in [0.2, 0.25) is 65.0 Å². The maximum atomic E-state index is 15.7. The number of hydrogen-bond acceptors (Lipinski definition) is 21. The van der Waals surface area contributed by atoms with E-state index in [0.717, 1.165) is 32.9 Å². The van der Waals surface area contributed by atoms with Crippen molar-refractivity contribution < 1.29 is 118 Å². The van der Waals surface area contributed by atoms with Gasteiger partial charge in [-0.15, -0.1) is 0 Å². The number of rotatable bonds is 25. The van der Waals surface area contributed by atoms with Gasteiger partial charge in [0.1, 0.15) is 61.0 Å². The summed E-state index contributed by atoms with van der Waals surface area (Å²) < 4.78 is 99.4. The number of cyclic esters (lactones) is 1. The zero-order valence-corrected chi connectivity index (χ0v) is 58.1. The molecule has 0 unspecified atom stereocenters. The van der Waals surface area contributed by atoms with Gasteiger partial charge in [-0.25, -0.2) is 14.4 Å². The quantitative estimate of drug-likeness (QED) is 0.0114. The Bertz CT molecular complexity index is 3120. The number of aliphatic imine (C=N–C) groups is 1. The van der Waals surface area contributed by atoms with Crippen molar-refractivity contribution >= 4 is 88.8 Å². The second kappa shape index (κ2) is 40.8. The Balaban J connectivity index is 3.41. The second-order valence-corrected chi connectivity index (χ2v) is 25.8. The average Bonchev–Trinajstić information content (AvgIpc) is 0.806. The summed E-state index contributed by atoms with van der Waals surface area (Å²) in [7, 11) is 0. The van der Waals surface area contributed by atoms with Crippen molar-refractivity contribution in [2.24, 2.45) is 57.5 Å². The van der Waals surface area contributed by atoms with Crippen LogP contribution in [0.3, 0.4) is 0 Å². The molecule has 574 valence electrons. The van der Waals surface area contributed by atoms with Gasteiger partial charge in [0.15, 0.2) is 24.2 Å². The summed E-state index contributed by atoms with van der Waals surface area (Å²) in [6.07, 6.45) is -22.5. The molecular formula is C62H95F6N15O19. The fourth-order valence-electron chi connectivity index (χ4n) is 9.87. The first kappa shape index (κ1) is 88.6. The first-order valence-electron chi connectivity index (χ1n) is 32.5. The van der Waals surface area contributed by atoms with E-state index < -0.39 is 235 Å². The van der Waals surface area contributed by atoms with Gasteiger partial charge in [0, 0.05) is 6.54 Å². The highest BCUT2D eigenvalue weighted by molar-refractivity contribution is 6.00. The van der Waals surface area contributed by atoms with E-state index in [1.165, 1.54) is 39.0 Å². The molecule has 20 N–H and O–H groups in total. The minimum atomic E-state index is -5.86. The summed E-state index contributed by atoms with van der Waals surface area (Å²) in [5.41, 5.74) is 22.1. The lowest BCUT2D eigenvalue weighted by atomic mass is 9.95. The van der Waals surface area contributed by atoms with Gasteiger partial charge in [0.25, 0.3) is 0 Å². The van der Waals surface area contributed by atoms with Gasteiger partial charge >= 0.3 is 30.3 Å². The Labute approximate surface area is 583 Å².